The van der Waals surface area contributed by atoms with E-state index in [9.17, 15) is 9.59 Å². The second-order valence-corrected chi connectivity index (χ2v) is 7.72. The third-order valence-corrected chi connectivity index (χ3v) is 5.84. The Bertz CT molecular complexity index is 857. The summed E-state index contributed by atoms with van der Waals surface area (Å²) in [5.74, 6) is 1.59. The number of rotatable bonds is 6. The Morgan fingerprint density at radius 3 is 2.57 bits per heavy atom. The van der Waals surface area contributed by atoms with Crippen molar-refractivity contribution in [1.29, 1.82) is 0 Å². The molecule has 0 bridgehead atoms. The first kappa shape index (κ1) is 18.7. The largest absolute Gasteiger partial charge is 0.497 e. The van der Waals surface area contributed by atoms with Gasteiger partial charge in [-0.25, -0.2) is 0 Å². The molecule has 146 valence electrons. The maximum absolute atomic E-state index is 12.7. The van der Waals surface area contributed by atoms with Crippen molar-refractivity contribution in [1.82, 2.24) is 9.80 Å². The van der Waals surface area contributed by atoms with Gasteiger partial charge in [0.2, 0.25) is 0 Å². The number of hydrogen-bond acceptors (Lipinski definition) is 4. The summed E-state index contributed by atoms with van der Waals surface area (Å²) >= 11 is 0. The van der Waals surface area contributed by atoms with E-state index >= 15 is 0 Å². The third kappa shape index (κ3) is 3.94. The van der Waals surface area contributed by atoms with E-state index in [0.717, 1.165) is 54.9 Å². The van der Waals surface area contributed by atoms with Gasteiger partial charge in [0.05, 0.1) is 13.7 Å². The molecule has 2 aromatic rings. The number of Topliss-reactive ketones (excluding diaryl/α,β-unsaturated/α-hetero) is 1. The molecule has 0 unspecified atom stereocenters. The molecular weight excluding hydrogens is 352 g/mol. The van der Waals surface area contributed by atoms with Crippen LogP contribution < -0.4 is 4.74 Å². The molecule has 1 fully saturated rings. The molecule has 5 heteroatoms. The predicted molar refractivity (Wildman–Crippen MR) is 108 cm³/mol. The van der Waals surface area contributed by atoms with Crippen LogP contribution >= 0.6 is 0 Å². The van der Waals surface area contributed by atoms with Gasteiger partial charge in [-0.2, -0.15) is 0 Å². The summed E-state index contributed by atoms with van der Waals surface area (Å²) in [6, 6.07) is 15.2. The lowest BCUT2D eigenvalue weighted by Crippen LogP contribution is -2.40. The number of ketones is 1. The molecule has 0 radical (unpaired) electrons. The number of methoxy groups -OCH3 is 1. The number of carbonyl (C=O) groups excluding carboxylic acids is 2. The van der Waals surface area contributed by atoms with Crippen LogP contribution in [0, 0.1) is 5.92 Å². The summed E-state index contributed by atoms with van der Waals surface area (Å²) in [5, 5.41) is 0. The minimum Gasteiger partial charge on any atom is -0.497 e. The van der Waals surface area contributed by atoms with Crippen molar-refractivity contribution in [2.45, 2.75) is 19.4 Å². The van der Waals surface area contributed by atoms with Crippen molar-refractivity contribution in [3.8, 4) is 5.75 Å². The molecule has 0 spiro atoms. The highest BCUT2D eigenvalue weighted by atomic mass is 16.5. The molecule has 1 amide bonds. The lowest BCUT2D eigenvalue weighted by molar-refractivity contribution is 0.0707. The highest BCUT2D eigenvalue weighted by Crippen LogP contribution is 2.29. The van der Waals surface area contributed by atoms with Gasteiger partial charge in [0.15, 0.2) is 5.78 Å². The Hall–Kier alpha value is -2.66. The zero-order chi connectivity index (χ0) is 19.5. The number of nitrogens with zero attached hydrogens (tertiary/aromatic N) is 2. The van der Waals surface area contributed by atoms with Gasteiger partial charge in [0.1, 0.15) is 5.75 Å². The molecule has 2 aliphatic rings. The van der Waals surface area contributed by atoms with Gasteiger partial charge in [-0.3, -0.25) is 14.5 Å². The summed E-state index contributed by atoms with van der Waals surface area (Å²) < 4.78 is 5.27. The average Bonchev–Trinajstić information content (AvgIpc) is 3.04. The molecular formula is C23H26N2O3. The van der Waals surface area contributed by atoms with Crippen LogP contribution in [0.3, 0.4) is 0 Å². The minimum atomic E-state index is 0.124. The molecule has 2 heterocycles. The van der Waals surface area contributed by atoms with E-state index in [4.69, 9.17) is 4.74 Å². The van der Waals surface area contributed by atoms with E-state index in [1.165, 1.54) is 0 Å². The maximum Gasteiger partial charge on any atom is 0.254 e. The maximum atomic E-state index is 12.7. The van der Waals surface area contributed by atoms with Gasteiger partial charge < -0.3 is 9.64 Å². The zero-order valence-corrected chi connectivity index (χ0v) is 16.3. The summed E-state index contributed by atoms with van der Waals surface area (Å²) in [6.07, 6.45) is 2.04. The lowest BCUT2D eigenvalue weighted by atomic mass is 9.95. The smallest absolute Gasteiger partial charge is 0.254 e. The molecule has 0 atom stereocenters. The van der Waals surface area contributed by atoms with Crippen molar-refractivity contribution in [2.24, 2.45) is 5.92 Å². The highest BCUT2D eigenvalue weighted by molar-refractivity contribution is 5.98. The average molecular weight is 378 g/mol. The summed E-state index contributed by atoms with van der Waals surface area (Å²) in [6.45, 7) is 3.75. The number of ether oxygens (including phenoxy) is 1. The van der Waals surface area contributed by atoms with Crippen LogP contribution in [-0.4, -0.2) is 54.8 Å². The fourth-order valence-corrected chi connectivity index (χ4v) is 4.19. The van der Waals surface area contributed by atoms with E-state index < -0.39 is 0 Å². The van der Waals surface area contributed by atoms with Crippen LogP contribution in [0.1, 0.15) is 39.1 Å². The van der Waals surface area contributed by atoms with E-state index in [2.05, 4.69) is 4.90 Å². The van der Waals surface area contributed by atoms with Gasteiger partial charge in [-0.15, -0.1) is 0 Å². The summed E-state index contributed by atoms with van der Waals surface area (Å²) in [7, 11) is 1.65. The first-order valence-corrected chi connectivity index (χ1v) is 9.91. The van der Waals surface area contributed by atoms with Gasteiger partial charge >= 0.3 is 0 Å². The Morgan fingerprint density at radius 2 is 1.86 bits per heavy atom. The van der Waals surface area contributed by atoms with Crippen LogP contribution in [0.25, 0.3) is 0 Å². The van der Waals surface area contributed by atoms with Crippen LogP contribution in [0.4, 0.5) is 0 Å². The molecule has 0 aliphatic carbocycles. The molecule has 0 saturated carbocycles. The van der Waals surface area contributed by atoms with E-state index in [1.54, 1.807) is 7.11 Å². The van der Waals surface area contributed by atoms with Crippen molar-refractivity contribution >= 4 is 11.7 Å². The molecule has 2 aromatic carbocycles. The number of amides is 1. The second kappa shape index (κ2) is 8.15. The molecule has 2 aliphatic heterocycles. The summed E-state index contributed by atoms with van der Waals surface area (Å²) in [4.78, 5) is 29.2. The van der Waals surface area contributed by atoms with Crippen molar-refractivity contribution in [3.05, 3.63) is 65.2 Å². The van der Waals surface area contributed by atoms with Crippen LogP contribution in [0.5, 0.6) is 5.75 Å². The first-order valence-electron chi connectivity index (χ1n) is 9.91. The fraction of sp³-hybridized carbons (Fsp3) is 0.391. The molecule has 1 saturated heterocycles. The molecule has 0 aromatic heterocycles. The Morgan fingerprint density at radius 1 is 1.11 bits per heavy atom. The standard InChI is InChI=1S/C23H26N2O3/c1-28-20-7-8-21-19(13-20)15-25(23(21)27)14-17-9-11-24(12-10-17)16-22(26)18-5-3-2-4-6-18/h2-8,13,17H,9-12,14-16H2,1H3. The van der Waals surface area contributed by atoms with Crippen LogP contribution in [0.2, 0.25) is 0 Å². The third-order valence-electron chi connectivity index (χ3n) is 5.84. The van der Waals surface area contributed by atoms with Gasteiger partial charge in [-0.05, 0) is 55.6 Å². The van der Waals surface area contributed by atoms with Gasteiger partial charge in [0.25, 0.3) is 5.91 Å². The Balaban J connectivity index is 1.28. The number of likely N-dealkylation sites (tertiary alicyclic amines) is 1. The number of piperidine rings is 1. The molecule has 28 heavy (non-hydrogen) atoms. The fourth-order valence-electron chi connectivity index (χ4n) is 4.19. The van der Waals surface area contributed by atoms with E-state index in [-0.39, 0.29) is 11.7 Å². The van der Waals surface area contributed by atoms with Crippen molar-refractivity contribution in [2.75, 3.05) is 33.3 Å². The normalized spacial score (nSPS) is 17.6. The molecule has 5 nitrogen and oxygen atoms in total. The van der Waals surface area contributed by atoms with Crippen molar-refractivity contribution in [3.63, 3.8) is 0 Å². The quantitative estimate of drug-likeness (QED) is 0.724. The van der Waals surface area contributed by atoms with E-state index in [1.807, 2.05) is 53.4 Å². The first-order chi connectivity index (χ1) is 13.6. The molecule has 4 rings (SSSR count). The van der Waals surface area contributed by atoms with E-state index in [0.29, 0.717) is 19.0 Å². The van der Waals surface area contributed by atoms with Crippen LogP contribution in [0.15, 0.2) is 48.5 Å². The number of fused-ring (bicyclic) bond motifs is 1. The van der Waals surface area contributed by atoms with Gasteiger partial charge in [-0.1, -0.05) is 30.3 Å². The Labute approximate surface area is 165 Å². The minimum absolute atomic E-state index is 0.124. The highest BCUT2D eigenvalue weighted by Gasteiger charge is 2.31. The second-order valence-electron chi connectivity index (χ2n) is 7.72. The summed E-state index contributed by atoms with van der Waals surface area (Å²) in [5.41, 5.74) is 2.63. The lowest BCUT2D eigenvalue weighted by Gasteiger charge is -2.33. The monoisotopic (exact) mass is 378 g/mol. The zero-order valence-electron chi connectivity index (χ0n) is 16.3. The van der Waals surface area contributed by atoms with Crippen molar-refractivity contribution < 1.29 is 14.3 Å². The SMILES string of the molecule is COc1ccc2c(c1)CN(CC1CCN(CC(=O)c3ccccc3)CC1)C2=O. The predicted octanol–water partition coefficient (Wildman–Crippen LogP) is 3.25. The number of benzene rings is 2. The van der Waals surface area contributed by atoms with Crippen LogP contribution in [-0.2, 0) is 6.54 Å². The Kier molecular flexibility index (Phi) is 5.44. The molecule has 0 N–H and O–H groups in total. The topological polar surface area (TPSA) is 49.9 Å². The van der Waals surface area contributed by atoms with Gasteiger partial charge in [0, 0.05) is 24.2 Å². The number of carbonyl (C=O) groups is 2. The number of hydrogen-bond donors (Lipinski definition) is 0.